The molecule has 14 heteroatoms. The van der Waals surface area contributed by atoms with Gasteiger partial charge in [-0.2, -0.15) is 0 Å². The van der Waals surface area contributed by atoms with Crippen LogP contribution >= 0.6 is 0 Å². The lowest BCUT2D eigenvalue weighted by Gasteiger charge is -2.46. The highest BCUT2D eigenvalue weighted by Crippen LogP contribution is 2.27. The van der Waals surface area contributed by atoms with E-state index in [1.54, 1.807) is 0 Å². The minimum absolute atomic E-state index is 0.282. The largest absolute Gasteiger partial charge is 0.394 e. The molecule has 2 rings (SSSR count). The number of hydrogen-bond acceptors (Lipinski definition) is 14. The Kier molecular flexibility index (Phi) is 7.68. The van der Waals surface area contributed by atoms with Crippen LogP contribution in [-0.4, -0.2) is 138 Å². The second-order valence-electron chi connectivity index (χ2n) is 6.78. The van der Waals surface area contributed by atoms with Crippen LogP contribution in [0.5, 0.6) is 0 Å². The zero-order chi connectivity index (χ0) is 21.3. The molecule has 0 saturated carbocycles. The van der Waals surface area contributed by atoms with Crippen molar-refractivity contribution in [3.8, 4) is 0 Å². The van der Waals surface area contributed by atoms with Crippen molar-refractivity contribution in [2.24, 2.45) is 0 Å². The van der Waals surface area contributed by atoms with Crippen LogP contribution in [0.3, 0.4) is 0 Å². The van der Waals surface area contributed by atoms with E-state index in [0.29, 0.717) is 0 Å². The third-order valence-electron chi connectivity index (χ3n) is 4.81. The number of nitrogens with one attached hydrogen (secondary N) is 2. The molecule has 2 saturated heterocycles. The van der Waals surface area contributed by atoms with E-state index in [1.807, 2.05) is 0 Å². The van der Waals surface area contributed by atoms with Crippen LogP contribution in [0.15, 0.2) is 0 Å². The van der Waals surface area contributed by atoms with Crippen LogP contribution in [0.25, 0.3) is 0 Å². The lowest BCUT2D eigenvalue weighted by Crippen LogP contribution is -2.72. The first-order valence-corrected chi connectivity index (χ1v) is 8.61. The zero-order valence-corrected chi connectivity index (χ0v) is 14.7. The monoisotopic (exact) mass is 416 g/mol. The van der Waals surface area contributed by atoms with Crippen molar-refractivity contribution < 1.29 is 60.5 Å². The molecule has 0 amide bonds. The van der Waals surface area contributed by atoms with Gasteiger partial charge in [0.05, 0.1) is 13.2 Å². The van der Waals surface area contributed by atoms with Crippen LogP contribution in [0.1, 0.15) is 0 Å². The van der Waals surface area contributed by atoms with Crippen LogP contribution in [0.4, 0.5) is 0 Å². The molecule has 2 aliphatic heterocycles. The molecule has 0 spiro atoms. The number of aliphatic hydroxyl groups is 10. The molecular weight excluding hydrogens is 388 g/mol. The highest BCUT2D eigenvalue weighted by atomic mass is 16.7. The van der Waals surface area contributed by atoms with Crippen molar-refractivity contribution in [2.75, 3.05) is 26.3 Å². The van der Waals surface area contributed by atoms with Crippen LogP contribution < -0.4 is 10.6 Å². The van der Waals surface area contributed by atoms with Gasteiger partial charge in [-0.05, 0) is 0 Å². The van der Waals surface area contributed by atoms with Crippen molar-refractivity contribution in [3.05, 3.63) is 0 Å². The van der Waals surface area contributed by atoms with Gasteiger partial charge in [0.1, 0.15) is 36.6 Å². The molecule has 12 N–H and O–H groups in total. The van der Waals surface area contributed by atoms with E-state index in [1.165, 1.54) is 0 Å². The molecule has 2 unspecified atom stereocenters. The molecule has 2 aliphatic rings. The Hall–Kier alpha value is -0.560. The van der Waals surface area contributed by atoms with Crippen molar-refractivity contribution in [2.45, 2.75) is 60.7 Å². The Labute approximate surface area is 159 Å². The summed E-state index contributed by atoms with van der Waals surface area (Å²) in [6.45, 7) is -2.07. The summed E-state index contributed by atoms with van der Waals surface area (Å²) in [5.41, 5.74) is 0. The van der Waals surface area contributed by atoms with E-state index in [-0.39, 0.29) is 13.1 Å². The maximum atomic E-state index is 10.3. The fraction of sp³-hybridized carbons (Fsp3) is 1.00. The molecule has 166 valence electrons. The first kappa shape index (κ1) is 23.7. The van der Waals surface area contributed by atoms with Crippen molar-refractivity contribution >= 4 is 0 Å². The Bertz CT molecular complexity index is 469. The Morgan fingerprint density at radius 1 is 0.607 bits per heavy atom. The molecule has 0 radical (unpaired) electrons. The van der Waals surface area contributed by atoms with Gasteiger partial charge >= 0.3 is 0 Å². The summed E-state index contributed by atoms with van der Waals surface area (Å²) in [6.07, 6.45) is -13.7. The van der Waals surface area contributed by atoms with Gasteiger partial charge in [-0.3, -0.25) is 10.6 Å². The minimum atomic E-state index is -2.55. The molecule has 0 aromatic heterocycles. The van der Waals surface area contributed by atoms with Gasteiger partial charge in [-0.15, -0.1) is 0 Å². The zero-order valence-electron chi connectivity index (χ0n) is 14.7. The normalized spacial score (nSPS) is 49.9. The van der Waals surface area contributed by atoms with Gasteiger partial charge in [0, 0.05) is 13.1 Å². The number of hydrogen-bond donors (Lipinski definition) is 12. The molecule has 2 fully saturated rings. The molecule has 0 aliphatic carbocycles. The van der Waals surface area contributed by atoms with Gasteiger partial charge in [0.25, 0.3) is 11.8 Å². The summed E-state index contributed by atoms with van der Waals surface area (Å²) in [5.74, 6) is -5.10. The maximum absolute atomic E-state index is 10.3. The number of rotatable bonds is 7. The smallest absolute Gasteiger partial charge is 0.255 e. The second kappa shape index (κ2) is 9.07. The molecule has 0 bridgehead atoms. The van der Waals surface area contributed by atoms with E-state index < -0.39 is 73.9 Å². The molecule has 28 heavy (non-hydrogen) atoms. The lowest BCUT2D eigenvalue weighted by molar-refractivity contribution is -0.366. The highest BCUT2D eigenvalue weighted by Gasteiger charge is 2.54. The first-order valence-electron chi connectivity index (χ1n) is 8.61. The fourth-order valence-corrected chi connectivity index (χ4v) is 3.08. The summed E-state index contributed by atoms with van der Waals surface area (Å²) in [6, 6.07) is 0. The first-order chi connectivity index (χ1) is 13.0. The molecule has 0 aromatic rings. The topological polar surface area (TPSA) is 245 Å². The summed E-state index contributed by atoms with van der Waals surface area (Å²) in [4.78, 5) is 0. The van der Waals surface area contributed by atoms with Crippen molar-refractivity contribution in [1.29, 1.82) is 0 Å². The molecular formula is C14H28N2O12. The Balaban J connectivity index is 1.93. The third kappa shape index (κ3) is 4.45. The average molecular weight is 416 g/mol. The third-order valence-corrected chi connectivity index (χ3v) is 4.81. The van der Waals surface area contributed by atoms with Gasteiger partial charge in [-0.25, -0.2) is 0 Å². The van der Waals surface area contributed by atoms with Gasteiger partial charge in [0.2, 0.25) is 0 Å². The van der Waals surface area contributed by atoms with Gasteiger partial charge in [-0.1, -0.05) is 0 Å². The second-order valence-corrected chi connectivity index (χ2v) is 6.78. The van der Waals surface area contributed by atoms with Crippen LogP contribution in [-0.2, 0) is 9.47 Å². The number of aliphatic hydroxyl groups excluding tert-OH is 8. The Morgan fingerprint density at radius 2 is 0.929 bits per heavy atom. The van der Waals surface area contributed by atoms with Crippen molar-refractivity contribution in [1.82, 2.24) is 10.6 Å². The molecule has 14 nitrogen and oxygen atoms in total. The van der Waals surface area contributed by atoms with E-state index in [2.05, 4.69) is 10.6 Å². The number of ether oxygens (including phenoxy) is 2. The minimum Gasteiger partial charge on any atom is -0.394 e. The summed E-state index contributed by atoms with van der Waals surface area (Å²) in [5, 5.41) is 102. The maximum Gasteiger partial charge on any atom is 0.255 e. The predicted octanol–water partition coefficient (Wildman–Crippen LogP) is -7.59. The lowest BCUT2D eigenvalue weighted by atomic mass is 9.96. The quantitative estimate of drug-likeness (QED) is 0.136. The Morgan fingerprint density at radius 3 is 1.21 bits per heavy atom. The summed E-state index contributed by atoms with van der Waals surface area (Å²) in [7, 11) is 0. The van der Waals surface area contributed by atoms with Gasteiger partial charge < -0.3 is 60.5 Å². The molecule has 2 heterocycles. The van der Waals surface area contributed by atoms with Crippen LogP contribution in [0.2, 0.25) is 0 Å². The SMILES string of the molecule is OC[C@H]1OC(O)(NCCNC2(O)O[C@H](CO)[C@@H](O)[C@H](O)[C@H]2O)[C@H](O)[C@@H](O)[C@@H]1O. The van der Waals surface area contributed by atoms with Gasteiger partial charge in [0.15, 0.2) is 12.2 Å². The average Bonchev–Trinajstić information content (AvgIpc) is 2.68. The standard InChI is InChI=1S/C14H28N2O12/c17-3-5-7(19)9(21)11(23)13(25,27-5)15-1-2-16-14(26)12(24)10(22)8(20)6(4-18)28-14/h5-12,15-26H,1-4H2/t5-,6-,7-,8-,9+,10+,11-,12-,13?,14?/m1/s1. The fourth-order valence-electron chi connectivity index (χ4n) is 3.08. The highest BCUT2D eigenvalue weighted by molar-refractivity contribution is 4.96. The summed E-state index contributed by atoms with van der Waals surface area (Å²) < 4.78 is 9.96. The summed E-state index contributed by atoms with van der Waals surface area (Å²) >= 11 is 0. The van der Waals surface area contributed by atoms with E-state index in [4.69, 9.17) is 19.7 Å². The van der Waals surface area contributed by atoms with E-state index in [9.17, 15) is 40.9 Å². The molecule has 0 aromatic carbocycles. The van der Waals surface area contributed by atoms with E-state index >= 15 is 0 Å². The van der Waals surface area contributed by atoms with Crippen molar-refractivity contribution in [3.63, 3.8) is 0 Å². The van der Waals surface area contributed by atoms with E-state index in [0.717, 1.165) is 0 Å². The molecule has 10 atom stereocenters. The predicted molar refractivity (Wildman–Crippen MR) is 85.9 cm³/mol. The van der Waals surface area contributed by atoms with Crippen LogP contribution in [0, 0.1) is 0 Å².